The SMILES string of the molecule is CC(Oc1ccc(Cl)cc1Br)C(=O)Nc1ccc(OCCCc2ccccc2)cc1. The third-order valence-corrected chi connectivity index (χ3v) is 5.26. The van der Waals surface area contributed by atoms with Crippen LogP contribution < -0.4 is 14.8 Å². The van der Waals surface area contributed by atoms with E-state index >= 15 is 0 Å². The van der Waals surface area contributed by atoms with Crippen LogP contribution in [0.3, 0.4) is 0 Å². The van der Waals surface area contributed by atoms with Gasteiger partial charge in [0.2, 0.25) is 0 Å². The number of benzene rings is 3. The van der Waals surface area contributed by atoms with Gasteiger partial charge in [-0.1, -0.05) is 41.9 Å². The standard InChI is InChI=1S/C24H23BrClNO3/c1-17(30-23-14-9-19(26)16-22(23)25)24(28)27-20-10-12-21(13-11-20)29-15-5-8-18-6-3-2-4-7-18/h2-4,6-7,9-14,16-17H,5,8,15H2,1H3,(H,27,28). The van der Waals surface area contributed by atoms with E-state index in [1.807, 2.05) is 42.5 Å². The van der Waals surface area contributed by atoms with Crippen LogP contribution in [0.15, 0.2) is 77.3 Å². The Kier molecular flexibility index (Phi) is 8.17. The van der Waals surface area contributed by atoms with E-state index in [0.717, 1.165) is 18.6 Å². The molecule has 156 valence electrons. The van der Waals surface area contributed by atoms with Crippen LogP contribution in [-0.4, -0.2) is 18.6 Å². The third-order valence-electron chi connectivity index (χ3n) is 4.41. The van der Waals surface area contributed by atoms with E-state index in [4.69, 9.17) is 21.1 Å². The quantitative estimate of drug-likeness (QED) is 0.349. The van der Waals surface area contributed by atoms with Crippen molar-refractivity contribution in [1.29, 1.82) is 0 Å². The summed E-state index contributed by atoms with van der Waals surface area (Å²) in [7, 11) is 0. The molecule has 3 aromatic rings. The van der Waals surface area contributed by atoms with Gasteiger partial charge >= 0.3 is 0 Å². The summed E-state index contributed by atoms with van der Waals surface area (Å²) in [6.07, 6.45) is 1.25. The second kappa shape index (κ2) is 11.0. The van der Waals surface area contributed by atoms with E-state index in [9.17, 15) is 4.79 Å². The van der Waals surface area contributed by atoms with Gasteiger partial charge in [0, 0.05) is 10.7 Å². The van der Waals surface area contributed by atoms with Crippen LogP contribution in [0.4, 0.5) is 5.69 Å². The summed E-state index contributed by atoms with van der Waals surface area (Å²) in [4.78, 5) is 12.4. The smallest absolute Gasteiger partial charge is 0.265 e. The lowest BCUT2D eigenvalue weighted by atomic mass is 10.1. The normalized spacial score (nSPS) is 11.6. The Morgan fingerprint density at radius 3 is 2.50 bits per heavy atom. The van der Waals surface area contributed by atoms with Crippen LogP contribution in [-0.2, 0) is 11.2 Å². The summed E-state index contributed by atoms with van der Waals surface area (Å²) < 4.78 is 12.2. The van der Waals surface area contributed by atoms with Crippen LogP contribution >= 0.6 is 27.5 Å². The number of carbonyl (C=O) groups excluding carboxylic acids is 1. The van der Waals surface area contributed by atoms with Crippen molar-refractivity contribution >= 4 is 39.1 Å². The van der Waals surface area contributed by atoms with E-state index in [-0.39, 0.29) is 5.91 Å². The number of rotatable bonds is 9. The van der Waals surface area contributed by atoms with Crippen LogP contribution in [0.5, 0.6) is 11.5 Å². The first-order valence-corrected chi connectivity index (χ1v) is 10.9. The minimum absolute atomic E-state index is 0.242. The average Bonchev–Trinajstić information content (AvgIpc) is 2.75. The van der Waals surface area contributed by atoms with Crippen molar-refractivity contribution < 1.29 is 14.3 Å². The number of halogens is 2. The van der Waals surface area contributed by atoms with E-state index in [0.29, 0.717) is 27.5 Å². The number of anilines is 1. The fraction of sp³-hybridized carbons (Fsp3) is 0.208. The monoisotopic (exact) mass is 487 g/mol. The van der Waals surface area contributed by atoms with Crippen molar-refractivity contribution in [3.63, 3.8) is 0 Å². The Morgan fingerprint density at radius 1 is 1.07 bits per heavy atom. The molecule has 0 saturated carbocycles. The molecule has 0 radical (unpaired) electrons. The minimum atomic E-state index is -0.670. The Morgan fingerprint density at radius 2 is 1.80 bits per heavy atom. The topological polar surface area (TPSA) is 47.6 Å². The van der Waals surface area contributed by atoms with E-state index in [1.54, 1.807) is 25.1 Å². The summed E-state index contributed by atoms with van der Waals surface area (Å²) in [5.41, 5.74) is 1.99. The molecule has 0 fully saturated rings. The second-order valence-corrected chi connectivity index (χ2v) is 8.08. The van der Waals surface area contributed by atoms with Gasteiger partial charge in [-0.25, -0.2) is 0 Å². The fourth-order valence-electron chi connectivity index (χ4n) is 2.80. The van der Waals surface area contributed by atoms with Crippen molar-refractivity contribution in [3.8, 4) is 11.5 Å². The molecule has 0 aliphatic rings. The van der Waals surface area contributed by atoms with Gasteiger partial charge in [-0.2, -0.15) is 0 Å². The molecule has 0 heterocycles. The lowest BCUT2D eigenvalue weighted by Crippen LogP contribution is -2.30. The summed E-state index contributed by atoms with van der Waals surface area (Å²) in [5, 5.41) is 3.44. The predicted molar refractivity (Wildman–Crippen MR) is 125 cm³/mol. The maximum atomic E-state index is 12.4. The lowest BCUT2D eigenvalue weighted by molar-refractivity contribution is -0.122. The summed E-state index contributed by atoms with van der Waals surface area (Å²) >= 11 is 9.31. The molecular weight excluding hydrogens is 466 g/mol. The van der Waals surface area contributed by atoms with Crippen molar-refractivity contribution in [2.75, 3.05) is 11.9 Å². The van der Waals surface area contributed by atoms with Gasteiger partial charge in [0.1, 0.15) is 11.5 Å². The van der Waals surface area contributed by atoms with Gasteiger partial charge < -0.3 is 14.8 Å². The number of carbonyl (C=O) groups is 1. The zero-order valence-electron chi connectivity index (χ0n) is 16.6. The zero-order valence-corrected chi connectivity index (χ0v) is 18.9. The number of amides is 1. The first-order chi connectivity index (χ1) is 14.5. The van der Waals surface area contributed by atoms with Crippen molar-refractivity contribution in [3.05, 3.63) is 87.9 Å². The van der Waals surface area contributed by atoms with Gasteiger partial charge in [0.25, 0.3) is 5.91 Å². The van der Waals surface area contributed by atoms with Gasteiger partial charge in [0.05, 0.1) is 11.1 Å². The number of aryl methyl sites for hydroxylation is 1. The third kappa shape index (κ3) is 6.78. The van der Waals surface area contributed by atoms with E-state index in [1.165, 1.54) is 5.56 Å². The molecule has 0 bridgehead atoms. The molecule has 1 N–H and O–H groups in total. The lowest BCUT2D eigenvalue weighted by Gasteiger charge is -2.16. The Labute approximate surface area is 190 Å². The molecule has 4 nitrogen and oxygen atoms in total. The highest BCUT2D eigenvalue weighted by Crippen LogP contribution is 2.29. The predicted octanol–water partition coefficient (Wildman–Crippen LogP) is 6.52. The highest BCUT2D eigenvalue weighted by molar-refractivity contribution is 9.10. The largest absolute Gasteiger partial charge is 0.494 e. The van der Waals surface area contributed by atoms with Crippen LogP contribution in [0, 0.1) is 0 Å². The maximum absolute atomic E-state index is 12.4. The molecule has 0 aliphatic heterocycles. The summed E-state index contributed by atoms with van der Waals surface area (Å²) in [6, 6.07) is 22.8. The van der Waals surface area contributed by atoms with Crippen LogP contribution in [0.25, 0.3) is 0 Å². The molecule has 0 saturated heterocycles. The first kappa shape index (κ1) is 22.2. The number of hydrogen-bond acceptors (Lipinski definition) is 3. The molecule has 0 aliphatic carbocycles. The Bertz CT molecular complexity index is 964. The van der Waals surface area contributed by atoms with E-state index < -0.39 is 6.10 Å². The molecule has 1 amide bonds. The summed E-state index contributed by atoms with van der Waals surface area (Å²) in [5.74, 6) is 1.09. The number of nitrogens with one attached hydrogen (secondary N) is 1. The molecule has 3 aromatic carbocycles. The highest BCUT2D eigenvalue weighted by atomic mass is 79.9. The van der Waals surface area contributed by atoms with Gasteiger partial charge in [0.15, 0.2) is 6.10 Å². The molecule has 6 heteroatoms. The first-order valence-electron chi connectivity index (χ1n) is 9.70. The minimum Gasteiger partial charge on any atom is -0.494 e. The molecule has 0 aromatic heterocycles. The maximum Gasteiger partial charge on any atom is 0.265 e. The van der Waals surface area contributed by atoms with Crippen molar-refractivity contribution in [2.45, 2.75) is 25.9 Å². The van der Waals surface area contributed by atoms with Crippen molar-refractivity contribution in [1.82, 2.24) is 0 Å². The van der Waals surface area contributed by atoms with Gasteiger partial charge in [-0.05, 0) is 83.7 Å². The second-order valence-electron chi connectivity index (χ2n) is 6.79. The Balaban J connectivity index is 1.44. The van der Waals surface area contributed by atoms with Gasteiger partial charge in [-0.3, -0.25) is 4.79 Å². The average molecular weight is 489 g/mol. The molecular formula is C24H23BrClNO3. The molecule has 3 rings (SSSR count). The Hall–Kier alpha value is -2.50. The fourth-order valence-corrected chi connectivity index (χ4v) is 3.58. The van der Waals surface area contributed by atoms with Crippen LogP contribution in [0.1, 0.15) is 18.9 Å². The molecule has 30 heavy (non-hydrogen) atoms. The van der Waals surface area contributed by atoms with E-state index in [2.05, 4.69) is 33.4 Å². The molecule has 1 unspecified atom stereocenters. The molecule has 1 atom stereocenters. The zero-order chi connectivity index (χ0) is 21.3. The summed E-state index contributed by atoms with van der Waals surface area (Å²) in [6.45, 7) is 2.34. The van der Waals surface area contributed by atoms with Crippen molar-refractivity contribution in [2.24, 2.45) is 0 Å². The number of hydrogen-bond donors (Lipinski definition) is 1. The molecule has 0 spiro atoms. The van der Waals surface area contributed by atoms with Crippen LogP contribution in [0.2, 0.25) is 5.02 Å². The van der Waals surface area contributed by atoms with Gasteiger partial charge in [-0.15, -0.1) is 0 Å². The highest BCUT2D eigenvalue weighted by Gasteiger charge is 2.16. The number of ether oxygens (including phenoxy) is 2.